The van der Waals surface area contributed by atoms with Gasteiger partial charge in [0.15, 0.2) is 5.82 Å². The van der Waals surface area contributed by atoms with Gasteiger partial charge in [0, 0.05) is 6.54 Å². The van der Waals surface area contributed by atoms with Gasteiger partial charge in [-0.3, -0.25) is 4.79 Å². The van der Waals surface area contributed by atoms with Crippen LogP contribution in [0.25, 0.3) is 0 Å². The van der Waals surface area contributed by atoms with Crippen LogP contribution in [0.5, 0.6) is 0 Å². The van der Waals surface area contributed by atoms with Gasteiger partial charge in [0.2, 0.25) is 5.91 Å². The van der Waals surface area contributed by atoms with Gasteiger partial charge in [0.25, 0.3) is 0 Å². The molecule has 0 unspecified atom stereocenters. The summed E-state index contributed by atoms with van der Waals surface area (Å²) in [5.41, 5.74) is 5.37. The van der Waals surface area contributed by atoms with E-state index in [2.05, 4.69) is 29.2 Å². The Balaban J connectivity index is 2.28. The highest BCUT2D eigenvalue weighted by Gasteiger charge is 2.04. The Kier molecular flexibility index (Phi) is 4.91. The van der Waals surface area contributed by atoms with E-state index in [1.54, 1.807) is 0 Å². The molecule has 0 atom stereocenters. The molecule has 90 valence electrons. The van der Waals surface area contributed by atoms with Gasteiger partial charge in [-0.2, -0.15) is 5.10 Å². The Bertz CT molecular complexity index is 334. The molecule has 0 spiro atoms. The number of hydrogen-bond donors (Lipinski definition) is 2. The average Bonchev–Trinajstić information content (AvgIpc) is 2.65. The summed E-state index contributed by atoms with van der Waals surface area (Å²) in [7, 11) is 0. The maximum atomic E-state index is 11.5. The third-order valence-electron chi connectivity index (χ3n) is 2.12. The second-order valence-corrected chi connectivity index (χ2v) is 4.09. The highest BCUT2D eigenvalue weighted by atomic mass is 16.2. The lowest BCUT2D eigenvalue weighted by Gasteiger charge is -2.06. The van der Waals surface area contributed by atoms with Gasteiger partial charge in [-0.05, 0) is 12.3 Å². The van der Waals surface area contributed by atoms with Crippen LogP contribution in [0.3, 0.4) is 0 Å². The predicted octanol–water partition coefficient (Wildman–Crippen LogP) is -0.101. The first kappa shape index (κ1) is 12.6. The van der Waals surface area contributed by atoms with Crippen LogP contribution in [0.15, 0.2) is 6.33 Å². The van der Waals surface area contributed by atoms with Crippen LogP contribution < -0.4 is 11.1 Å². The van der Waals surface area contributed by atoms with E-state index in [0.29, 0.717) is 24.8 Å². The summed E-state index contributed by atoms with van der Waals surface area (Å²) >= 11 is 0. The Labute approximate surface area is 95.2 Å². The molecule has 1 aromatic rings. The van der Waals surface area contributed by atoms with Crippen LogP contribution in [-0.4, -0.2) is 27.2 Å². The zero-order valence-corrected chi connectivity index (χ0v) is 9.81. The second kappa shape index (κ2) is 6.22. The summed E-state index contributed by atoms with van der Waals surface area (Å²) in [6, 6.07) is 0. The van der Waals surface area contributed by atoms with Crippen LogP contribution in [0, 0.1) is 5.92 Å². The van der Waals surface area contributed by atoms with E-state index >= 15 is 0 Å². The Morgan fingerprint density at radius 3 is 2.94 bits per heavy atom. The lowest BCUT2D eigenvalue weighted by atomic mass is 10.1. The Hall–Kier alpha value is -1.43. The first-order valence-electron chi connectivity index (χ1n) is 5.47. The highest BCUT2D eigenvalue weighted by molar-refractivity contribution is 5.75. The van der Waals surface area contributed by atoms with E-state index in [0.717, 1.165) is 6.42 Å². The minimum absolute atomic E-state index is 0.0471. The number of aromatic nitrogens is 3. The molecule has 1 amide bonds. The largest absolute Gasteiger partial charge is 0.354 e. The summed E-state index contributed by atoms with van der Waals surface area (Å²) < 4.78 is 1.49. The van der Waals surface area contributed by atoms with Gasteiger partial charge in [-0.1, -0.05) is 13.8 Å². The Morgan fingerprint density at radius 2 is 2.38 bits per heavy atom. The van der Waals surface area contributed by atoms with Gasteiger partial charge in [-0.15, -0.1) is 0 Å². The number of nitrogens with zero attached hydrogens (tertiary/aromatic N) is 3. The molecule has 6 nitrogen and oxygen atoms in total. The predicted molar refractivity (Wildman–Crippen MR) is 60.4 cm³/mol. The molecule has 0 fully saturated rings. The summed E-state index contributed by atoms with van der Waals surface area (Å²) in [5, 5.41) is 6.86. The Morgan fingerprint density at radius 1 is 1.62 bits per heavy atom. The molecule has 0 saturated carbocycles. The minimum atomic E-state index is -0.0471. The van der Waals surface area contributed by atoms with Crippen molar-refractivity contribution < 1.29 is 4.79 Å². The third kappa shape index (κ3) is 4.39. The first-order valence-corrected chi connectivity index (χ1v) is 5.47. The maximum Gasteiger partial charge on any atom is 0.241 e. The molecule has 0 aliphatic rings. The lowest BCUT2D eigenvalue weighted by Crippen LogP contribution is -2.29. The monoisotopic (exact) mass is 225 g/mol. The van der Waals surface area contributed by atoms with Crippen molar-refractivity contribution in [3.05, 3.63) is 12.2 Å². The molecule has 1 rings (SSSR count). The lowest BCUT2D eigenvalue weighted by molar-refractivity contribution is -0.121. The zero-order valence-electron chi connectivity index (χ0n) is 9.81. The average molecular weight is 225 g/mol. The molecule has 0 aliphatic carbocycles. The van der Waals surface area contributed by atoms with Crippen LogP contribution in [-0.2, 0) is 17.9 Å². The van der Waals surface area contributed by atoms with Crippen molar-refractivity contribution in [3.63, 3.8) is 0 Å². The topological polar surface area (TPSA) is 85.8 Å². The van der Waals surface area contributed by atoms with Gasteiger partial charge < -0.3 is 11.1 Å². The maximum absolute atomic E-state index is 11.5. The standard InChI is InChI=1S/C10H19N5O/c1-8(2)3-4-12-10(16)6-15-7-13-9(5-11)14-15/h7-8H,3-6,11H2,1-2H3,(H,12,16). The molecule has 16 heavy (non-hydrogen) atoms. The number of carbonyl (C=O) groups excluding carboxylic acids is 1. The van der Waals surface area contributed by atoms with Gasteiger partial charge in [0.05, 0.1) is 6.54 Å². The van der Waals surface area contributed by atoms with Gasteiger partial charge in [0.1, 0.15) is 12.9 Å². The molecule has 6 heteroatoms. The van der Waals surface area contributed by atoms with Crippen molar-refractivity contribution in [2.24, 2.45) is 11.7 Å². The zero-order chi connectivity index (χ0) is 12.0. The van der Waals surface area contributed by atoms with Crippen molar-refractivity contribution in [1.29, 1.82) is 0 Å². The fourth-order valence-electron chi connectivity index (χ4n) is 1.21. The first-order chi connectivity index (χ1) is 7.61. The molecule has 0 saturated heterocycles. The molecule has 1 aromatic heterocycles. The molecule has 3 N–H and O–H groups in total. The SMILES string of the molecule is CC(C)CCNC(=O)Cn1cnc(CN)n1. The third-order valence-corrected chi connectivity index (χ3v) is 2.12. The summed E-state index contributed by atoms with van der Waals surface area (Å²) in [5.74, 6) is 1.10. The number of amides is 1. The summed E-state index contributed by atoms with van der Waals surface area (Å²) in [6.45, 7) is 5.44. The van der Waals surface area contributed by atoms with Crippen LogP contribution in [0.1, 0.15) is 26.1 Å². The molecule has 0 aromatic carbocycles. The van der Waals surface area contributed by atoms with Crippen molar-refractivity contribution in [2.75, 3.05) is 6.54 Å². The van der Waals surface area contributed by atoms with E-state index in [4.69, 9.17) is 5.73 Å². The normalized spacial score (nSPS) is 10.8. The van der Waals surface area contributed by atoms with Crippen LogP contribution in [0.2, 0.25) is 0 Å². The van der Waals surface area contributed by atoms with Crippen LogP contribution >= 0.6 is 0 Å². The van der Waals surface area contributed by atoms with Crippen molar-refractivity contribution in [3.8, 4) is 0 Å². The second-order valence-electron chi connectivity index (χ2n) is 4.09. The number of nitrogens with two attached hydrogens (primary N) is 1. The van der Waals surface area contributed by atoms with E-state index in [9.17, 15) is 4.79 Å². The van der Waals surface area contributed by atoms with Crippen molar-refractivity contribution >= 4 is 5.91 Å². The van der Waals surface area contributed by atoms with E-state index < -0.39 is 0 Å². The van der Waals surface area contributed by atoms with E-state index in [-0.39, 0.29) is 12.5 Å². The number of nitrogens with one attached hydrogen (secondary N) is 1. The summed E-state index contributed by atoms with van der Waals surface area (Å²) in [6.07, 6.45) is 2.50. The van der Waals surface area contributed by atoms with E-state index in [1.165, 1.54) is 11.0 Å². The molecular weight excluding hydrogens is 206 g/mol. The quantitative estimate of drug-likeness (QED) is 0.708. The molecule has 0 radical (unpaired) electrons. The van der Waals surface area contributed by atoms with Crippen molar-refractivity contribution in [1.82, 2.24) is 20.1 Å². The van der Waals surface area contributed by atoms with Gasteiger partial charge in [-0.25, -0.2) is 9.67 Å². The molecule has 1 heterocycles. The molecular formula is C10H19N5O. The van der Waals surface area contributed by atoms with Crippen LogP contribution in [0.4, 0.5) is 0 Å². The van der Waals surface area contributed by atoms with Gasteiger partial charge >= 0.3 is 0 Å². The van der Waals surface area contributed by atoms with Crippen molar-refractivity contribution in [2.45, 2.75) is 33.4 Å². The number of carbonyl (C=O) groups is 1. The minimum Gasteiger partial charge on any atom is -0.354 e. The summed E-state index contributed by atoms with van der Waals surface area (Å²) in [4.78, 5) is 15.4. The molecule has 0 bridgehead atoms. The fourth-order valence-corrected chi connectivity index (χ4v) is 1.21. The number of rotatable bonds is 6. The highest BCUT2D eigenvalue weighted by Crippen LogP contribution is 1.96. The smallest absolute Gasteiger partial charge is 0.241 e. The molecule has 0 aliphatic heterocycles. The van der Waals surface area contributed by atoms with E-state index in [1.807, 2.05) is 0 Å². The fraction of sp³-hybridized carbons (Fsp3) is 0.700. The number of hydrogen-bond acceptors (Lipinski definition) is 4.